The zero-order valence-electron chi connectivity index (χ0n) is 19.3. The molecule has 2 atom stereocenters. The fraction of sp³-hybridized carbons (Fsp3) is 0.346. The van der Waals surface area contributed by atoms with E-state index in [1.165, 1.54) is 0 Å². The molecule has 1 aromatic heterocycles. The predicted molar refractivity (Wildman–Crippen MR) is 135 cm³/mol. The lowest BCUT2D eigenvalue weighted by atomic mass is 10.1. The Hall–Kier alpha value is -2.77. The number of rotatable bonds is 6. The van der Waals surface area contributed by atoms with Crippen LogP contribution in [0.5, 0.6) is 0 Å². The van der Waals surface area contributed by atoms with Crippen LogP contribution in [0.1, 0.15) is 30.9 Å². The number of benzene rings is 2. The van der Waals surface area contributed by atoms with Gasteiger partial charge in [-0.2, -0.15) is 5.10 Å². The molecule has 0 unspecified atom stereocenters. The van der Waals surface area contributed by atoms with Gasteiger partial charge < -0.3 is 9.80 Å². The van der Waals surface area contributed by atoms with Gasteiger partial charge in [0.25, 0.3) is 0 Å². The number of aromatic nitrogens is 2. The van der Waals surface area contributed by atoms with Crippen LogP contribution < -0.4 is 0 Å². The standard InChI is InChI=1S/C26H27ClN4O2S/c1-26-13-12-23(32)31(26)22(17-34-26)25(33)29(2)14-20-16-30(15-19-10-6-7-11-21(19)27)28-24(20)18-8-4-3-5-9-18/h3-11,16,22H,12-15,17H2,1-2H3/t22-,26+/m1/s1. The smallest absolute Gasteiger partial charge is 0.246 e. The van der Waals surface area contributed by atoms with Crippen LogP contribution in [-0.4, -0.2) is 55.1 Å². The van der Waals surface area contributed by atoms with E-state index in [2.05, 4.69) is 6.92 Å². The average Bonchev–Trinajstić information content (AvgIpc) is 3.48. The van der Waals surface area contributed by atoms with Crippen molar-refractivity contribution in [3.63, 3.8) is 0 Å². The van der Waals surface area contributed by atoms with E-state index >= 15 is 0 Å². The topological polar surface area (TPSA) is 58.4 Å². The van der Waals surface area contributed by atoms with Crippen LogP contribution in [0.15, 0.2) is 60.8 Å². The molecule has 3 aromatic rings. The molecule has 0 bridgehead atoms. The van der Waals surface area contributed by atoms with Crippen molar-refractivity contribution >= 4 is 35.2 Å². The summed E-state index contributed by atoms with van der Waals surface area (Å²) in [5.41, 5.74) is 3.78. The van der Waals surface area contributed by atoms with Crippen LogP contribution in [0.3, 0.4) is 0 Å². The Balaban J connectivity index is 1.41. The molecule has 2 saturated heterocycles. The van der Waals surface area contributed by atoms with Gasteiger partial charge in [0.2, 0.25) is 11.8 Å². The quantitative estimate of drug-likeness (QED) is 0.500. The Morgan fingerprint density at radius 1 is 1.18 bits per heavy atom. The maximum Gasteiger partial charge on any atom is 0.246 e. The number of thioether (sulfide) groups is 1. The van der Waals surface area contributed by atoms with Gasteiger partial charge in [-0.15, -0.1) is 11.8 Å². The summed E-state index contributed by atoms with van der Waals surface area (Å²) in [5.74, 6) is 0.698. The Morgan fingerprint density at radius 2 is 1.91 bits per heavy atom. The molecule has 8 heteroatoms. The number of carbonyl (C=O) groups is 2. The highest BCUT2D eigenvalue weighted by Crippen LogP contribution is 2.47. The molecular formula is C26H27ClN4O2S. The fourth-order valence-electron chi connectivity index (χ4n) is 4.89. The van der Waals surface area contributed by atoms with Gasteiger partial charge >= 0.3 is 0 Å². The number of amides is 2. The van der Waals surface area contributed by atoms with Gasteiger partial charge in [-0.3, -0.25) is 14.3 Å². The van der Waals surface area contributed by atoms with Crippen molar-refractivity contribution in [3.05, 3.63) is 76.9 Å². The minimum atomic E-state index is -0.409. The lowest BCUT2D eigenvalue weighted by Gasteiger charge is -2.31. The van der Waals surface area contributed by atoms with Crippen molar-refractivity contribution in [1.82, 2.24) is 19.6 Å². The first-order valence-electron chi connectivity index (χ1n) is 11.4. The Morgan fingerprint density at radius 3 is 2.68 bits per heavy atom. The van der Waals surface area contributed by atoms with Crippen molar-refractivity contribution in [3.8, 4) is 11.3 Å². The summed E-state index contributed by atoms with van der Waals surface area (Å²) in [7, 11) is 1.81. The molecule has 5 rings (SSSR count). The van der Waals surface area contributed by atoms with E-state index in [0.29, 0.717) is 30.3 Å². The number of nitrogens with zero attached hydrogens (tertiary/aromatic N) is 4. The van der Waals surface area contributed by atoms with Crippen LogP contribution in [0.4, 0.5) is 0 Å². The first-order valence-corrected chi connectivity index (χ1v) is 12.8. The molecule has 3 heterocycles. The second-order valence-electron chi connectivity index (χ2n) is 9.12. The first-order chi connectivity index (χ1) is 16.4. The molecule has 176 valence electrons. The van der Waals surface area contributed by atoms with Crippen molar-refractivity contribution in [2.75, 3.05) is 12.8 Å². The molecule has 34 heavy (non-hydrogen) atoms. The predicted octanol–water partition coefficient (Wildman–Crippen LogP) is 4.66. The molecule has 6 nitrogen and oxygen atoms in total. The van der Waals surface area contributed by atoms with Gasteiger partial charge in [0.1, 0.15) is 6.04 Å². The summed E-state index contributed by atoms with van der Waals surface area (Å²) in [5, 5.41) is 5.55. The maximum absolute atomic E-state index is 13.4. The van der Waals surface area contributed by atoms with Gasteiger partial charge in [-0.1, -0.05) is 60.1 Å². The van der Waals surface area contributed by atoms with Crippen molar-refractivity contribution in [1.29, 1.82) is 0 Å². The second-order valence-corrected chi connectivity index (χ2v) is 11.0. The lowest BCUT2D eigenvalue weighted by Crippen LogP contribution is -2.50. The molecule has 0 N–H and O–H groups in total. The summed E-state index contributed by atoms with van der Waals surface area (Å²) in [4.78, 5) is 29.2. The van der Waals surface area contributed by atoms with Crippen LogP contribution in [0.2, 0.25) is 5.02 Å². The Bertz CT molecular complexity index is 1230. The summed E-state index contributed by atoms with van der Waals surface area (Å²) in [6.45, 7) is 3.02. The van der Waals surface area contributed by atoms with E-state index in [1.54, 1.807) is 16.7 Å². The Kier molecular flexibility index (Phi) is 6.16. The zero-order chi connectivity index (χ0) is 23.9. The monoisotopic (exact) mass is 494 g/mol. The molecule has 0 radical (unpaired) electrons. The van der Waals surface area contributed by atoms with Crippen molar-refractivity contribution in [2.45, 2.75) is 43.8 Å². The Labute approximate surface area is 208 Å². The van der Waals surface area contributed by atoms with Crippen LogP contribution >= 0.6 is 23.4 Å². The largest absolute Gasteiger partial charge is 0.339 e. The third kappa shape index (κ3) is 4.23. The number of likely N-dealkylation sites (N-methyl/N-ethyl adjacent to an activating group) is 1. The van der Waals surface area contributed by atoms with Gasteiger partial charge in [-0.25, -0.2) is 0 Å². The summed E-state index contributed by atoms with van der Waals surface area (Å²) >= 11 is 8.09. The SMILES string of the molecule is CN(Cc1cn(Cc2ccccc2Cl)nc1-c1ccccc1)C(=O)[C@H]1CS[C@@]2(C)CCC(=O)N12. The molecule has 2 aromatic carbocycles. The summed E-state index contributed by atoms with van der Waals surface area (Å²) < 4.78 is 1.88. The van der Waals surface area contributed by atoms with Crippen LogP contribution in [0, 0.1) is 0 Å². The lowest BCUT2D eigenvalue weighted by molar-refractivity contribution is -0.143. The molecule has 2 fully saturated rings. The third-order valence-corrected chi connectivity index (χ3v) is 8.56. The molecule has 0 spiro atoms. The summed E-state index contributed by atoms with van der Waals surface area (Å²) in [6.07, 6.45) is 3.31. The van der Waals surface area contributed by atoms with E-state index in [0.717, 1.165) is 28.8 Å². The highest BCUT2D eigenvalue weighted by Gasteiger charge is 2.53. The van der Waals surface area contributed by atoms with E-state index in [-0.39, 0.29) is 16.7 Å². The third-order valence-electron chi connectivity index (χ3n) is 6.69. The fourth-order valence-corrected chi connectivity index (χ4v) is 6.51. The number of halogens is 1. The minimum Gasteiger partial charge on any atom is -0.339 e. The highest BCUT2D eigenvalue weighted by atomic mass is 35.5. The number of carbonyl (C=O) groups excluding carboxylic acids is 2. The van der Waals surface area contributed by atoms with Gasteiger partial charge in [0.05, 0.1) is 17.1 Å². The second kappa shape index (κ2) is 9.12. The van der Waals surface area contributed by atoms with Crippen molar-refractivity contribution in [2.24, 2.45) is 0 Å². The van der Waals surface area contributed by atoms with E-state index in [4.69, 9.17) is 16.7 Å². The minimum absolute atomic E-state index is 0.0238. The summed E-state index contributed by atoms with van der Waals surface area (Å²) in [6, 6.07) is 17.3. The molecule has 0 saturated carbocycles. The molecule has 2 aliphatic heterocycles. The zero-order valence-corrected chi connectivity index (χ0v) is 20.9. The van der Waals surface area contributed by atoms with E-state index in [9.17, 15) is 9.59 Å². The van der Waals surface area contributed by atoms with E-state index < -0.39 is 6.04 Å². The molecular weight excluding hydrogens is 468 g/mol. The molecule has 2 amide bonds. The van der Waals surface area contributed by atoms with Crippen molar-refractivity contribution < 1.29 is 9.59 Å². The van der Waals surface area contributed by atoms with Gasteiger partial charge in [0.15, 0.2) is 0 Å². The number of fused-ring (bicyclic) bond motifs is 1. The number of hydrogen-bond acceptors (Lipinski definition) is 4. The average molecular weight is 495 g/mol. The number of hydrogen-bond donors (Lipinski definition) is 0. The van der Waals surface area contributed by atoms with Gasteiger partial charge in [0, 0.05) is 48.1 Å². The molecule has 2 aliphatic rings. The molecule has 0 aliphatic carbocycles. The van der Waals surface area contributed by atoms with Gasteiger partial charge in [-0.05, 0) is 25.0 Å². The van der Waals surface area contributed by atoms with E-state index in [1.807, 2.05) is 77.4 Å². The first kappa shape index (κ1) is 23.0. The van der Waals surface area contributed by atoms with Crippen LogP contribution in [-0.2, 0) is 22.7 Å². The maximum atomic E-state index is 13.4. The van der Waals surface area contributed by atoms with Crippen LogP contribution in [0.25, 0.3) is 11.3 Å². The highest BCUT2D eigenvalue weighted by molar-refractivity contribution is 8.01. The normalized spacial score (nSPS) is 21.7.